The van der Waals surface area contributed by atoms with E-state index in [0.717, 1.165) is 12.8 Å². The van der Waals surface area contributed by atoms with Gasteiger partial charge in [0.1, 0.15) is 0 Å². The maximum Gasteiger partial charge on any atom is 0.262 e. The van der Waals surface area contributed by atoms with Crippen LogP contribution < -0.4 is 10.9 Å². The van der Waals surface area contributed by atoms with Crippen molar-refractivity contribution in [3.63, 3.8) is 0 Å². The van der Waals surface area contributed by atoms with Gasteiger partial charge in [0.15, 0.2) is 5.16 Å². The average Bonchev–Trinajstić information content (AvgIpc) is 3.35. The second-order valence-electron chi connectivity index (χ2n) is 6.91. The highest BCUT2D eigenvalue weighted by atomic mass is 35.5. The molecule has 1 fully saturated rings. The van der Waals surface area contributed by atoms with Crippen molar-refractivity contribution in [3.05, 3.63) is 33.6 Å². The molecular formula is C18H22ClN3O2S. The van der Waals surface area contributed by atoms with Gasteiger partial charge < -0.3 is 5.32 Å². The molecule has 1 heterocycles. The smallest absolute Gasteiger partial charge is 0.262 e. The Morgan fingerprint density at radius 3 is 2.76 bits per heavy atom. The third-order valence-electron chi connectivity index (χ3n) is 4.00. The van der Waals surface area contributed by atoms with Gasteiger partial charge in [0.2, 0.25) is 5.91 Å². The van der Waals surface area contributed by atoms with Crippen molar-refractivity contribution in [1.82, 2.24) is 14.9 Å². The molecule has 3 rings (SSSR count). The molecule has 1 N–H and O–H groups in total. The number of carbonyl (C=O) groups excluding carboxylic acids is 1. The highest BCUT2D eigenvalue weighted by molar-refractivity contribution is 8.00. The Morgan fingerprint density at radius 2 is 2.12 bits per heavy atom. The normalized spacial score (nSPS) is 15.6. The van der Waals surface area contributed by atoms with Crippen LogP contribution in [0.1, 0.15) is 33.6 Å². The summed E-state index contributed by atoms with van der Waals surface area (Å²) in [4.78, 5) is 29.8. The van der Waals surface area contributed by atoms with Gasteiger partial charge in [-0.05, 0) is 43.9 Å². The molecule has 1 amide bonds. The summed E-state index contributed by atoms with van der Waals surface area (Å²) in [6.45, 7) is 6.49. The van der Waals surface area contributed by atoms with Crippen LogP contribution in [0.25, 0.3) is 10.9 Å². The van der Waals surface area contributed by atoms with E-state index in [1.54, 1.807) is 22.8 Å². The Hall–Kier alpha value is -1.53. The number of fused-ring (bicyclic) bond motifs is 1. The molecule has 134 valence electrons. The molecule has 0 saturated heterocycles. The second-order valence-corrected chi connectivity index (χ2v) is 8.65. The third-order valence-corrected chi connectivity index (χ3v) is 5.33. The summed E-state index contributed by atoms with van der Waals surface area (Å²) in [5, 5.41) is 4.29. The van der Waals surface area contributed by atoms with Crippen molar-refractivity contribution in [2.75, 3.05) is 0 Å². The van der Waals surface area contributed by atoms with E-state index in [1.807, 2.05) is 20.8 Å². The maximum absolute atomic E-state index is 12.9. The Morgan fingerprint density at radius 1 is 1.40 bits per heavy atom. The predicted molar refractivity (Wildman–Crippen MR) is 102 cm³/mol. The zero-order valence-corrected chi connectivity index (χ0v) is 16.2. The van der Waals surface area contributed by atoms with E-state index < -0.39 is 0 Å². The lowest BCUT2D eigenvalue weighted by Gasteiger charge is -2.17. The fourth-order valence-corrected chi connectivity index (χ4v) is 3.65. The first-order chi connectivity index (χ1) is 11.8. The Balaban J connectivity index is 1.97. The van der Waals surface area contributed by atoms with Gasteiger partial charge >= 0.3 is 0 Å². The molecule has 0 aliphatic heterocycles. The topological polar surface area (TPSA) is 64.0 Å². The molecule has 1 aliphatic carbocycles. The summed E-state index contributed by atoms with van der Waals surface area (Å²) in [5.74, 6) is 0.278. The van der Waals surface area contributed by atoms with Crippen LogP contribution in [-0.4, -0.2) is 26.8 Å². The minimum absolute atomic E-state index is 0.00551. The molecule has 1 saturated carbocycles. The van der Waals surface area contributed by atoms with E-state index >= 15 is 0 Å². The fourth-order valence-electron chi connectivity index (χ4n) is 2.55. The van der Waals surface area contributed by atoms with E-state index in [0.29, 0.717) is 33.7 Å². The van der Waals surface area contributed by atoms with Gasteiger partial charge in [-0.2, -0.15) is 0 Å². The van der Waals surface area contributed by atoms with Crippen LogP contribution in [0.4, 0.5) is 0 Å². The van der Waals surface area contributed by atoms with Gasteiger partial charge in [-0.25, -0.2) is 4.98 Å². The number of halogens is 1. The van der Waals surface area contributed by atoms with Crippen molar-refractivity contribution in [2.24, 2.45) is 5.92 Å². The van der Waals surface area contributed by atoms with Gasteiger partial charge in [-0.1, -0.05) is 37.2 Å². The number of amides is 1. The van der Waals surface area contributed by atoms with Gasteiger partial charge in [0.25, 0.3) is 5.56 Å². The quantitative estimate of drug-likeness (QED) is 0.616. The first-order valence-electron chi connectivity index (χ1n) is 8.52. The van der Waals surface area contributed by atoms with Crippen molar-refractivity contribution >= 4 is 40.2 Å². The minimum Gasteiger partial charge on any atom is -0.352 e. The number of carbonyl (C=O) groups is 1. The molecule has 0 spiro atoms. The Labute approximate surface area is 156 Å². The van der Waals surface area contributed by atoms with Gasteiger partial charge in [-0.3, -0.25) is 14.2 Å². The number of nitrogens with zero attached hydrogens (tertiary/aromatic N) is 2. The molecule has 1 unspecified atom stereocenters. The zero-order valence-electron chi connectivity index (χ0n) is 14.6. The molecule has 5 nitrogen and oxygen atoms in total. The highest BCUT2D eigenvalue weighted by Gasteiger charge is 2.27. The second kappa shape index (κ2) is 7.38. The summed E-state index contributed by atoms with van der Waals surface area (Å²) in [5.41, 5.74) is 0.491. The molecular weight excluding hydrogens is 358 g/mol. The first kappa shape index (κ1) is 18.3. The summed E-state index contributed by atoms with van der Waals surface area (Å²) >= 11 is 7.36. The van der Waals surface area contributed by atoms with Gasteiger partial charge in [0.05, 0.1) is 16.2 Å². The van der Waals surface area contributed by atoms with Crippen LogP contribution in [-0.2, 0) is 11.3 Å². The van der Waals surface area contributed by atoms with Crippen molar-refractivity contribution < 1.29 is 4.79 Å². The van der Waals surface area contributed by atoms with Crippen molar-refractivity contribution in [3.8, 4) is 0 Å². The number of hydrogen-bond donors (Lipinski definition) is 1. The van der Waals surface area contributed by atoms with Crippen LogP contribution in [0.15, 0.2) is 28.2 Å². The van der Waals surface area contributed by atoms with E-state index in [1.165, 1.54) is 11.8 Å². The maximum atomic E-state index is 12.9. The third kappa shape index (κ3) is 4.36. The van der Waals surface area contributed by atoms with Crippen LogP contribution in [0.5, 0.6) is 0 Å². The largest absolute Gasteiger partial charge is 0.352 e. The molecule has 1 atom stereocenters. The summed E-state index contributed by atoms with van der Waals surface area (Å²) in [6, 6.07) is 5.44. The molecule has 1 aliphatic rings. The zero-order chi connectivity index (χ0) is 18.1. The van der Waals surface area contributed by atoms with Crippen molar-refractivity contribution in [2.45, 2.75) is 56.6 Å². The minimum atomic E-state index is -0.310. The lowest BCUT2D eigenvalue weighted by Crippen LogP contribution is -2.33. The highest BCUT2D eigenvalue weighted by Crippen LogP contribution is 2.26. The number of rotatable bonds is 6. The molecule has 1 aromatic carbocycles. The lowest BCUT2D eigenvalue weighted by molar-refractivity contribution is -0.120. The standard InChI is InChI=1S/C18H22ClN3O2S/c1-10(2)9-22-17(24)14-8-12(19)4-7-15(14)21-18(22)25-11(3)16(23)20-13-5-6-13/h4,7-8,10-11,13H,5-6,9H2,1-3H3,(H,20,23). The molecule has 25 heavy (non-hydrogen) atoms. The summed E-state index contributed by atoms with van der Waals surface area (Å²) < 4.78 is 1.66. The Bertz CT molecular complexity index is 861. The summed E-state index contributed by atoms with van der Waals surface area (Å²) in [6.07, 6.45) is 2.10. The van der Waals surface area contributed by atoms with E-state index in [-0.39, 0.29) is 22.6 Å². The molecule has 7 heteroatoms. The predicted octanol–water partition coefficient (Wildman–Crippen LogP) is 3.47. The Kier molecular flexibility index (Phi) is 5.39. The average molecular weight is 380 g/mol. The number of nitrogens with one attached hydrogen (secondary N) is 1. The number of benzene rings is 1. The first-order valence-corrected chi connectivity index (χ1v) is 9.78. The van der Waals surface area contributed by atoms with Crippen LogP contribution in [0.2, 0.25) is 5.02 Å². The van der Waals surface area contributed by atoms with Gasteiger partial charge in [0, 0.05) is 17.6 Å². The molecule has 2 aromatic rings. The van der Waals surface area contributed by atoms with Gasteiger partial charge in [-0.15, -0.1) is 0 Å². The molecule has 0 bridgehead atoms. The molecule has 0 radical (unpaired) electrons. The van der Waals surface area contributed by atoms with Crippen LogP contribution >= 0.6 is 23.4 Å². The van der Waals surface area contributed by atoms with E-state index in [4.69, 9.17) is 11.6 Å². The summed E-state index contributed by atoms with van der Waals surface area (Å²) in [7, 11) is 0. The fraction of sp³-hybridized carbons (Fsp3) is 0.500. The number of aromatic nitrogens is 2. The van der Waals surface area contributed by atoms with E-state index in [9.17, 15) is 9.59 Å². The van der Waals surface area contributed by atoms with Crippen LogP contribution in [0, 0.1) is 5.92 Å². The van der Waals surface area contributed by atoms with Crippen molar-refractivity contribution in [1.29, 1.82) is 0 Å². The monoisotopic (exact) mass is 379 g/mol. The lowest BCUT2D eigenvalue weighted by atomic mass is 10.2. The number of thioether (sulfide) groups is 1. The number of hydrogen-bond acceptors (Lipinski definition) is 4. The van der Waals surface area contributed by atoms with Crippen LogP contribution in [0.3, 0.4) is 0 Å². The van der Waals surface area contributed by atoms with E-state index in [2.05, 4.69) is 10.3 Å². The molecule has 1 aromatic heterocycles. The SMILES string of the molecule is CC(C)Cn1c(SC(C)C(=O)NC2CC2)nc2ccc(Cl)cc2c1=O.